The monoisotopic (exact) mass is 859 g/mol. The van der Waals surface area contributed by atoms with Crippen LogP contribution in [0.2, 0.25) is 0 Å². The molecule has 0 unspecified atom stereocenters. The molecule has 0 atom stereocenters. The molecule has 0 spiro atoms. The van der Waals surface area contributed by atoms with Gasteiger partial charge in [-0.2, -0.15) is 20.4 Å². The van der Waals surface area contributed by atoms with E-state index in [1.165, 1.54) is 0 Å². The minimum Gasteiger partial charge on any atom is -0.418 e. The molecule has 0 aliphatic rings. The molecule has 28 heteroatoms. The van der Waals surface area contributed by atoms with Crippen molar-refractivity contribution in [3.8, 4) is 23.3 Å². The second-order valence-electron chi connectivity index (χ2n) is 9.53. The van der Waals surface area contributed by atoms with Gasteiger partial charge in [-0.25, -0.2) is 28.7 Å². The molecule has 0 radical (unpaired) electrons. The topological polar surface area (TPSA) is 164 Å². The van der Waals surface area contributed by atoms with Crippen molar-refractivity contribution < 1.29 is 56.5 Å². The number of nitrogens with zero attached hydrogens (tertiary/aromatic N) is 11. The molecule has 0 aliphatic carbocycles. The van der Waals surface area contributed by atoms with Gasteiger partial charge in [-0.15, -0.1) is 0 Å². The fraction of sp³-hybridized carbons (Fsp3) is 0.111. The summed E-state index contributed by atoms with van der Waals surface area (Å²) < 4.78 is 84.8. The van der Waals surface area contributed by atoms with Gasteiger partial charge in [0.25, 0.3) is 0 Å². The predicted octanol–water partition coefficient (Wildman–Crippen LogP) is 5.19. The average Bonchev–Trinajstić information content (AvgIpc) is 3.93. The molecule has 0 aliphatic heterocycles. The van der Waals surface area contributed by atoms with Crippen molar-refractivity contribution >= 4 is 48.9 Å². The zero-order chi connectivity index (χ0) is 40.5. The first-order valence-electron chi connectivity index (χ1n) is 14.6. The van der Waals surface area contributed by atoms with Gasteiger partial charge in [-0.1, -0.05) is 24.4 Å². The molecular formula is C27H27B2F8FeN13O2S2. The summed E-state index contributed by atoms with van der Waals surface area (Å²) >= 11 is 10.6. The minimum atomic E-state index is -6.00. The standard InChI is InChI=1S/2C13H12N6S.CH3NO2.2BF4.Fe/c2*1-14-13(20)10-8-11(18-6-2-4-15-18)17-12(9-10)19-7-3-5-16-19;1-2(3)4;2*2-1(3,4)5;/h2*2-9H,1H3,(H,14,20);1H3;;;/q;;;2*-1;+2. The SMILES string of the molecule is CNC(=S)c1cc(-n2cccn2)nc(-n2cccn2)c1.CNC(=S)c1cc(-n2cccn2)nc(-n2cccn2)c1.C[N+](=O)[O-].F[B-](F)(F)F.F[B-](F)(F)F.[Fe+2]. The smallest absolute Gasteiger partial charge is 0.418 e. The number of thiocarbonyl (C=S) groups is 2. The van der Waals surface area contributed by atoms with E-state index in [-0.39, 0.29) is 17.1 Å². The summed E-state index contributed by atoms with van der Waals surface area (Å²) in [6, 6.07) is 14.9. The number of hydrogen-bond donors (Lipinski definition) is 2. The van der Waals surface area contributed by atoms with Crippen molar-refractivity contribution in [1.82, 2.24) is 59.7 Å². The van der Waals surface area contributed by atoms with E-state index in [2.05, 4.69) is 41.0 Å². The summed E-state index contributed by atoms with van der Waals surface area (Å²) in [5.41, 5.74) is 1.74. The molecule has 6 aromatic heterocycles. The first kappa shape index (κ1) is 47.4. The van der Waals surface area contributed by atoms with E-state index in [4.69, 9.17) is 34.6 Å². The first-order valence-corrected chi connectivity index (χ1v) is 15.4. The van der Waals surface area contributed by atoms with Crippen molar-refractivity contribution in [2.45, 2.75) is 0 Å². The van der Waals surface area contributed by atoms with E-state index in [1.807, 2.05) is 73.3 Å². The van der Waals surface area contributed by atoms with Crippen LogP contribution >= 0.6 is 24.4 Å². The van der Waals surface area contributed by atoms with Gasteiger partial charge in [0.15, 0.2) is 30.3 Å². The maximum atomic E-state index is 9.75. The maximum Gasteiger partial charge on any atom is 2.00 e. The van der Waals surface area contributed by atoms with E-state index in [1.54, 1.807) is 57.6 Å². The molecule has 0 fully saturated rings. The molecule has 6 heterocycles. The summed E-state index contributed by atoms with van der Waals surface area (Å²) in [6.07, 6.45) is 14.2. The van der Waals surface area contributed by atoms with Gasteiger partial charge in [-0.3, -0.25) is 10.1 Å². The Balaban J connectivity index is 0.000000406. The van der Waals surface area contributed by atoms with E-state index < -0.39 is 19.4 Å². The van der Waals surface area contributed by atoms with Gasteiger partial charge >= 0.3 is 31.6 Å². The molecule has 15 nitrogen and oxygen atoms in total. The molecule has 0 saturated heterocycles. The fourth-order valence-electron chi connectivity index (χ4n) is 3.64. The Labute approximate surface area is 328 Å². The van der Waals surface area contributed by atoms with Crippen molar-refractivity contribution in [3.63, 3.8) is 0 Å². The summed E-state index contributed by atoms with van der Waals surface area (Å²) in [5.74, 6) is 2.76. The van der Waals surface area contributed by atoms with Crippen LogP contribution in [0, 0.1) is 10.1 Å². The number of nitro groups is 1. The average molecular weight is 859 g/mol. The van der Waals surface area contributed by atoms with Crippen molar-refractivity contribution in [3.05, 3.63) is 119 Å². The molecule has 2 N–H and O–H groups in total. The molecule has 55 heavy (non-hydrogen) atoms. The third kappa shape index (κ3) is 18.8. The van der Waals surface area contributed by atoms with Crippen LogP contribution in [0.1, 0.15) is 11.1 Å². The molecule has 294 valence electrons. The molecule has 6 rings (SSSR count). The Morgan fingerprint density at radius 2 is 0.800 bits per heavy atom. The van der Waals surface area contributed by atoms with E-state index in [0.717, 1.165) is 18.2 Å². The Kier molecular flexibility index (Phi) is 19.5. The molecular weight excluding hydrogens is 832 g/mol. The maximum absolute atomic E-state index is 9.75. The van der Waals surface area contributed by atoms with Crippen LogP contribution in [0.5, 0.6) is 0 Å². The number of rotatable bonds is 6. The van der Waals surface area contributed by atoms with E-state index >= 15 is 0 Å². The summed E-state index contributed by atoms with van der Waals surface area (Å²) in [4.78, 5) is 18.7. The van der Waals surface area contributed by atoms with Gasteiger partial charge in [-0.05, 0) is 48.5 Å². The summed E-state index contributed by atoms with van der Waals surface area (Å²) in [7, 11) is -7.52. The second-order valence-corrected chi connectivity index (χ2v) is 10.4. The van der Waals surface area contributed by atoms with Crippen LogP contribution in [0.25, 0.3) is 23.3 Å². The number of nitrogens with one attached hydrogen (secondary N) is 2. The van der Waals surface area contributed by atoms with Crippen LogP contribution < -0.4 is 10.6 Å². The quantitative estimate of drug-likeness (QED) is 0.0743. The molecule has 0 aromatic carbocycles. The van der Waals surface area contributed by atoms with Crippen LogP contribution in [0.15, 0.2) is 98.1 Å². The normalized spacial score (nSPS) is 10.2. The van der Waals surface area contributed by atoms with Gasteiger partial charge < -0.3 is 45.2 Å². The van der Waals surface area contributed by atoms with Crippen molar-refractivity contribution in [2.24, 2.45) is 0 Å². The Hall–Kier alpha value is -5.59. The Morgan fingerprint density at radius 1 is 0.600 bits per heavy atom. The number of pyridine rings is 2. The first-order chi connectivity index (χ1) is 25.3. The minimum absolute atomic E-state index is 0. The zero-order valence-corrected chi connectivity index (χ0v) is 31.1. The summed E-state index contributed by atoms with van der Waals surface area (Å²) in [6.45, 7) is 0. The molecule has 0 saturated carbocycles. The van der Waals surface area contributed by atoms with Gasteiger partial charge in [0.1, 0.15) is 9.98 Å². The molecule has 0 amide bonds. The van der Waals surface area contributed by atoms with E-state index in [0.29, 0.717) is 33.2 Å². The van der Waals surface area contributed by atoms with Gasteiger partial charge in [0.05, 0.1) is 0 Å². The summed E-state index contributed by atoms with van der Waals surface area (Å²) in [5, 5.41) is 31.5. The molecule has 0 bridgehead atoms. The Bertz CT molecular complexity index is 1780. The molecule has 6 aromatic rings. The Morgan fingerprint density at radius 3 is 0.945 bits per heavy atom. The van der Waals surface area contributed by atoms with Crippen LogP contribution in [-0.2, 0) is 17.1 Å². The third-order valence-corrected chi connectivity index (χ3v) is 6.41. The van der Waals surface area contributed by atoms with Crippen LogP contribution in [-0.4, -0.2) is 99.6 Å². The number of aromatic nitrogens is 10. The van der Waals surface area contributed by atoms with Crippen molar-refractivity contribution in [2.75, 3.05) is 21.1 Å². The van der Waals surface area contributed by atoms with Crippen LogP contribution in [0.4, 0.5) is 34.5 Å². The van der Waals surface area contributed by atoms with Gasteiger partial charge in [0, 0.05) is 79.7 Å². The van der Waals surface area contributed by atoms with Crippen molar-refractivity contribution in [1.29, 1.82) is 0 Å². The zero-order valence-electron chi connectivity index (χ0n) is 28.3. The second kappa shape index (κ2) is 22.6. The van der Waals surface area contributed by atoms with Crippen LogP contribution in [0.3, 0.4) is 0 Å². The predicted molar refractivity (Wildman–Crippen MR) is 192 cm³/mol. The largest absolute Gasteiger partial charge is 2.00 e. The van der Waals surface area contributed by atoms with Gasteiger partial charge in [0.2, 0.25) is 0 Å². The third-order valence-electron chi connectivity index (χ3n) is 5.53. The number of halogens is 8. The fourth-order valence-corrected chi connectivity index (χ4v) is 3.88. The number of hydrogen-bond acceptors (Lipinski definition) is 10. The van der Waals surface area contributed by atoms with E-state index in [9.17, 15) is 34.5 Å².